The molecule has 0 aromatic rings. The Morgan fingerprint density at radius 2 is 2.07 bits per heavy atom. The highest BCUT2D eigenvalue weighted by Gasteiger charge is 2.34. The zero-order chi connectivity index (χ0) is 10.7. The average molecular weight is 210 g/mol. The zero-order valence-electron chi connectivity index (χ0n) is 9.45. The van der Waals surface area contributed by atoms with Gasteiger partial charge in [0.2, 0.25) is 5.91 Å². The van der Waals surface area contributed by atoms with Gasteiger partial charge >= 0.3 is 0 Å². The second kappa shape index (κ2) is 4.97. The lowest BCUT2D eigenvalue weighted by Crippen LogP contribution is -2.41. The molecule has 1 heterocycles. The van der Waals surface area contributed by atoms with E-state index in [1.165, 1.54) is 19.3 Å². The molecule has 15 heavy (non-hydrogen) atoms. The Morgan fingerprint density at radius 1 is 1.27 bits per heavy atom. The maximum Gasteiger partial charge on any atom is 0.225 e. The van der Waals surface area contributed by atoms with Gasteiger partial charge in [-0.25, -0.2) is 0 Å². The molecular weight excluding hydrogens is 188 g/mol. The van der Waals surface area contributed by atoms with E-state index in [1.807, 2.05) is 0 Å². The minimum atomic E-state index is 0.364. The molecule has 0 aromatic heterocycles. The smallest absolute Gasteiger partial charge is 0.225 e. The summed E-state index contributed by atoms with van der Waals surface area (Å²) in [5.74, 6) is 0.796. The predicted octanol–water partition coefficient (Wildman–Crippen LogP) is 1.52. The van der Waals surface area contributed by atoms with Crippen LogP contribution in [0.2, 0.25) is 0 Å². The quantitative estimate of drug-likeness (QED) is 0.764. The SMILES string of the molecule is NCCCC1CCCN1C(=O)C1CCC1. The summed E-state index contributed by atoms with van der Waals surface area (Å²) < 4.78 is 0. The van der Waals surface area contributed by atoms with Crippen molar-refractivity contribution in [2.45, 2.75) is 51.0 Å². The molecule has 3 nitrogen and oxygen atoms in total. The van der Waals surface area contributed by atoms with Crippen molar-refractivity contribution < 1.29 is 4.79 Å². The summed E-state index contributed by atoms with van der Waals surface area (Å²) in [5.41, 5.74) is 5.52. The first-order valence-corrected chi connectivity index (χ1v) is 6.33. The fourth-order valence-electron chi connectivity index (χ4n) is 2.67. The Labute approximate surface area is 92.0 Å². The minimum Gasteiger partial charge on any atom is -0.339 e. The van der Waals surface area contributed by atoms with Gasteiger partial charge < -0.3 is 10.6 Å². The van der Waals surface area contributed by atoms with Crippen LogP contribution in [0.3, 0.4) is 0 Å². The Kier molecular flexibility index (Phi) is 3.62. The minimum absolute atomic E-state index is 0.364. The Balaban J connectivity index is 1.85. The number of carbonyl (C=O) groups excluding carboxylic acids is 1. The summed E-state index contributed by atoms with van der Waals surface area (Å²) in [6.07, 6.45) is 8.04. The molecule has 2 fully saturated rings. The number of hydrogen-bond donors (Lipinski definition) is 1. The normalized spacial score (nSPS) is 26.7. The van der Waals surface area contributed by atoms with Gasteiger partial charge in [0.25, 0.3) is 0 Å². The van der Waals surface area contributed by atoms with Crippen molar-refractivity contribution in [3.63, 3.8) is 0 Å². The number of nitrogens with zero attached hydrogens (tertiary/aromatic N) is 1. The summed E-state index contributed by atoms with van der Waals surface area (Å²) in [4.78, 5) is 14.2. The molecule has 2 aliphatic rings. The summed E-state index contributed by atoms with van der Waals surface area (Å²) in [6, 6.07) is 0.502. The molecule has 0 aromatic carbocycles. The fraction of sp³-hybridized carbons (Fsp3) is 0.917. The van der Waals surface area contributed by atoms with Gasteiger partial charge in [0, 0.05) is 18.5 Å². The first-order chi connectivity index (χ1) is 7.33. The van der Waals surface area contributed by atoms with Crippen molar-refractivity contribution in [2.75, 3.05) is 13.1 Å². The van der Waals surface area contributed by atoms with Crippen LogP contribution in [0.1, 0.15) is 44.9 Å². The van der Waals surface area contributed by atoms with Crippen LogP contribution in [-0.4, -0.2) is 29.9 Å². The molecule has 1 aliphatic carbocycles. The third-order valence-electron chi connectivity index (χ3n) is 3.86. The average Bonchev–Trinajstić information content (AvgIpc) is 2.59. The van der Waals surface area contributed by atoms with Crippen molar-refractivity contribution in [1.82, 2.24) is 4.90 Å². The number of amides is 1. The first-order valence-electron chi connectivity index (χ1n) is 6.33. The first kappa shape index (κ1) is 10.9. The number of hydrogen-bond acceptors (Lipinski definition) is 2. The monoisotopic (exact) mass is 210 g/mol. The van der Waals surface area contributed by atoms with E-state index in [2.05, 4.69) is 4.90 Å². The van der Waals surface area contributed by atoms with E-state index < -0.39 is 0 Å². The van der Waals surface area contributed by atoms with Crippen LogP contribution >= 0.6 is 0 Å². The second-order valence-electron chi connectivity index (χ2n) is 4.89. The van der Waals surface area contributed by atoms with E-state index in [0.29, 0.717) is 17.9 Å². The van der Waals surface area contributed by atoms with Crippen LogP contribution in [0.5, 0.6) is 0 Å². The molecule has 1 aliphatic heterocycles. The third kappa shape index (κ3) is 2.33. The Bertz CT molecular complexity index is 226. The maximum absolute atomic E-state index is 12.1. The van der Waals surface area contributed by atoms with E-state index in [9.17, 15) is 4.79 Å². The molecule has 3 heteroatoms. The van der Waals surface area contributed by atoms with Crippen molar-refractivity contribution >= 4 is 5.91 Å². The highest BCUT2D eigenvalue weighted by Crippen LogP contribution is 2.32. The molecule has 1 amide bonds. The molecule has 0 bridgehead atoms. The third-order valence-corrected chi connectivity index (χ3v) is 3.86. The summed E-state index contributed by atoms with van der Waals surface area (Å²) in [7, 11) is 0. The Morgan fingerprint density at radius 3 is 2.67 bits per heavy atom. The number of carbonyl (C=O) groups is 1. The number of nitrogens with two attached hydrogens (primary N) is 1. The lowest BCUT2D eigenvalue weighted by atomic mass is 9.84. The van der Waals surface area contributed by atoms with Gasteiger partial charge in [-0.05, 0) is 45.1 Å². The fourth-order valence-corrected chi connectivity index (χ4v) is 2.67. The van der Waals surface area contributed by atoms with Gasteiger partial charge in [0.05, 0.1) is 0 Å². The molecule has 1 saturated carbocycles. The highest BCUT2D eigenvalue weighted by atomic mass is 16.2. The van der Waals surface area contributed by atoms with E-state index >= 15 is 0 Å². The molecule has 1 atom stereocenters. The van der Waals surface area contributed by atoms with E-state index in [0.717, 1.165) is 38.8 Å². The summed E-state index contributed by atoms with van der Waals surface area (Å²) >= 11 is 0. The standard InChI is InChI=1S/C12H22N2O/c13-8-2-6-11-7-3-9-14(11)12(15)10-4-1-5-10/h10-11H,1-9,13H2. The van der Waals surface area contributed by atoms with Crippen molar-refractivity contribution in [3.8, 4) is 0 Å². The van der Waals surface area contributed by atoms with Crippen molar-refractivity contribution in [3.05, 3.63) is 0 Å². The molecule has 86 valence electrons. The van der Waals surface area contributed by atoms with Crippen molar-refractivity contribution in [2.24, 2.45) is 11.7 Å². The maximum atomic E-state index is 12.1. The second-order valence-corrected chi connectivity index (χ2v) is 4.89. The van der Waals surface area contributed by atoms with E-state index in [1.54, 1.807) is 0 Å². The molecule has 2 N–H and O–H groups in total. The van der Waals surface area contributed by atoms with Gasteiger partial charge in [-0.2, -0.15) is 0 Å². The van der Waals surface area contributed by atoms with Gasteiger partial charge in [-0.15, -0.1) is 0 Å². The van der Waals surface area contributed by atoms with Gasteiger partial charge in [0.15, 0.2) is 0 Å². The zero-order valence-corrected chi connectivity index (χ0v) is 9.45. The molecule has 1 unspecified atom stereocenters. The van der Waals surface area contributed by atoms with Gasteiger partial charge in [-0.3, -0.25) is 4.79 Å². The Hall–Kier alpha value is -0.570. The van der Waals surface area contributed by atoms with Crippen LogP contribution in [0.15, 0.2) is 0 Å². The molecule has 2 rings (SSSR count). The molecule has 1 saturated heterocycles. The van der Waals surface area contributed by atoms with Crippen LogP contribution in [-0.2, 0) is 4.79 Å². The number of rotatable bonds is 4. The van der Waals surface area contributed by atoms with E-state index in [4.69, 9.17) is 5.73 Å². The van der Waals surface area contributed by atoms with Crippen LogP contribution in [0.4, 0.5) is 0 Å². The topological polar surface area (TPSA) is 46.3 Å². The van der Waals surface area contributed by atoms with E-state index in [-0.39, 0.29) is 0 Å². The summed E-state index contributed by atoms with van der Waals surface area (Å²) in [6.45, 7) is 1.74. The van der Waals surface area contributed by atoms with Gasteiger partial charge in [-0.1, -0.05) is 6.42 Å². The molecule has 0 radical (unpaired) electrons. The lowest BCUT2D eigenvalue weighted by molar-refractivity contribution is -0.139. The number of likely N-dealkylation sites (tertiary alicyclic amines) is 1. The highest BCUT2D eigenvalue weighted by molar-refractivity contribution is 5.80. The largest absolute Gasteiger partial charge is 0.339 e. The molecule has 0 spiro atoms. The predicted molar refractivity (Wildman–Crippen MR) is 60.4 cm³/mol. The van der Waals surface area contributed by atoms with Gasteiger partial charge in [0.1, 0.15) is 0 Å². The summed E-state index contributed by atoms with van der Waals surface area (Å²) in [5, 5.41) is 0. The molecular formula is C12H22N2O. The van der Waals surface area contributed by atoms with Crippen molar-refractivity contribution in [1.29, 1.82) is 0 Å². The lowest BCUT2D eigenvalue weighted by Gasteiger charge is -2.32. The van der Waals surface area contributed by atoms with Crippen LogP contribution in [0.25, 0.3) is 0 Å². The van der Waals surface area contributed by atoms with Crippen LogP contribution < -0.4 is 5.73 Å². The van der Waals surface area contributed by atoms with Crippen LogP contribution in [0, 0.1) is 5.92 Å².